The predicted molar refractivity (Wildman–Crippen MR) is 72.5 cm³/mol. The first-order chi connectivity index (χ1) is 11.2. The fraction of sp³-hybridized carbons (Fsp3) is 0.933. The Morgan fingerprint density at radius 2 is 1.79 bits per heavy atom. The molecule has 5 fully saturated rings. The zero-order valence-electron chi connectivity index (χ0n) is 12.6. The molecule has 5 aliphatic rings. The Labute approximate surface area is 137 Å². The SMILES string of the molecule is O=C(OCC(F)(F)S(=O)(=O)[O-])C1CC2CC1C1C3CC(C4OC34)C21. The summed E-state index contributed by atoms with van der Waals surface area (Å²) in [7, 11) is -5.83. The first kappa shape index (κ1) is 15.5. The Morgan fingerprint density at radius 3 is 2.46 bits per heavy atom. The summed E-state index contributed by atoms with van der Waals surface area (Å²) in [5.74, 6) is 1.31. The number of carbonyl (C=O) groups excluding carboxylic acids is 1. The first-order valence-corrected chi connectivity index (χ1v) is 9.75. The van der Waals surface area contributed by atoms with Crippen molar-refractivity contribution in [1.29, 1.82) is 0 Å². The summed E-state index contributed by atoms with van der Waals surface area (Å²) >= 11 is 0. The van der Waals surface area contributed by atoms with E-state index in [1.807, 2.05) is 0 Å². The van der Waals surface area contributed by atoms with Gasteiger partial charge in [0.25, 0.3) is 0 Å². The van der Waals surface area contributed by atoms with E-state index in [9.17, 15) is 26.5 Å². The summed E-state index contributed by atoms with van der Waals surface area (Å²) in [5.41, 5.74) is 0. The number of ether oxygens (including phenoxy) is 2. The predicted octanol–water partition coefficient (Wildman–Crippen LogP) is 0.973. The average Bonchev–Trinajstić information content (AvgIpc) is 2.88. The van der Waals surface area contributed by atoms with Gasteiger partial charge in [-0.25, -0.2) is 8.42 Å². The van der Waals surface area contributed by atoms with Crippen LogP contribution in [0, 0.1) is 41.4 Å². The standard InChI is InChI=1S/C15H18F2O6S/c16-15(17,24(19,20)21)4-22-14(18)7-2-5-1-6(7)11-9-3-8(10(5)11)12-13(9)23-12/h5-13H,1-4H2,(H,19,20,21)/p-1. The number of alkyl halides is 2. The van der Waals surface area contributed by atoms with E-state index in [-0.39, 0.29) is 5.92 Å². The number of halogens is 2. The van der Waals surface area contributed by atoms with E-state index in [2.05, 4.69) is 4.74 Å². The van der Waals surface area contributed by atoms with Gasteiger partial charge in [-0.15, -0.1) is 0 Å². The van der Waals surface area contributed by atoms with E-state index in [4.69, 9.17) is 4.74 Å². The quantitative estimate of drug-likeness (QED) is 0.320. The third kappa shape index (κ3) is 1.86. The molecule has 1 heterocycles. The maximum absolute atomic E-state index is 13.2. The molecule has 0 aromatic heterocycles. The van der Waals surface area contributed by atoms with E-state index in [1.54, 1.807) is 0 Å². The van der Waals surface area contributed by atoms with Crippen LogP contribution in [0.15, 0.2) is 0 Å². The summed E-state index contributed by atoms with van der Waals surface area (Å²) in [6.07, 6.45) is 3.40. The van der Waals surface area contributed by atoms with Gasteiger partial charge in [-0.2, -0.15) is 8.78 Å². The number of fused-ring (bicyclic) bond motifs is 12. The largest absolute Gasteiger partial charge is 0.743 e. The van der Waals surface area contributed by atoms with Crippen LogP contribution in [0.1, 0.15) is 19.3 Å². The minimum Gasteiger partial charge on any atom is -0.743 e. The number of esters is 1. The summed E-state index contributed by atoms with van der Waals surface area (Å²) in [6, 6.07) is 0. The Morgan fingerprint density at radius 1 is 1.12 bits per heavy atom. The van der Waals surface area contributed by atoms with Crippen molar-refractivity contribution in [2.75, 3.05) is 6.61 Å². The molecule has 0 aromatic rings. The minimum atomic E-state index is -5.83. The van der Waals surface area contributed by atoms with Crippen LogP contribution < -0.4 is 0 Å². The lowest BCUT2D eigenvalue weighted by molar-refractivity contribution is -0.158. The fourth-order valence-electron chi connectivity index (χ4n) is 6.45. The van der Waals surface area contributed by atoms with Crippen molar-refractivity contribution in [2.45, 2.75) is 36.7 Å². The lowest BCUT2D eigenvalue weighted by Crippen LogP contribution is -2.40. The van der Waals surface area contributed by atoms with Gasteiger partial charge in [0.1, 0.15) is 0 Å². The Kier molecular flexibility index (Phi) is 2.88. The number of epoxide rings is 1. The summed E-state index contributed by atoms with van der Waals surface area (Å²) in [6.45, 7) is -1.69. The highest BCUT2D eigenvalue weighted by Crippen LogP contribution is 2.72. The van der Waals surface area contributed by atoms with Crippen molar-refractivity contribution in [3.05, 3.63) is 0 Å². The van der Waals surface area contributed by atoms with Crippen molar-refractivity contribution >= 4 is 16.1 Å². The van der Waals surface area contributed by atoms with E-state index in [0.29, 0.717) is 48.2 Å². The molecule has 4 saturated carbocycles. The molecule has 0 amide bonds. The Balaban J connectivity index is 1.27. The normalized spacial score (nSPS) is 50.7. The zero-order chi connectivity index (χ0) is 17.0. The van der Waals surface area contributed by atoms with Crippen LogP contribution in [0.4, 0.5) is 8.78 Å². The smallest absolute Gasteiger partial charge is 0.367 e. The second-order valence-corrected chi connectivity index (χ2v) is 9.49. The molecule has 4 aliphatic carbocycles. The van der Waals surface area contributed by atoms with E-state index in [0.717, 1.165) is 12.8 Å². The van der Waals surface area contributed by atoms with Crippen molar-refractivity contribution in [3.8, 4) is 0 Å². The van der Waals surface area contributed by atoms with Crippen LogP contribution in [0.2, 0.25) is 0 Å². The summed E-state index contributed by atoms with van der Waals surface area (Å²) < 4.78 is 68.0. The van der Waals surface area contributed by atoms with Crippen LogP contribution in [0.5, 0.6) is 0 Å². The van der Waals surface area contributed by atoms with Crippen molar-refractivity contribution < 1.29 is 36.0 Å². The average molecular weight is 363 g/mol. The van der Waals surface area contributed by atoms with Crippen molar-refractivity contribution in [1.82, 2.24) is 0 Å². The maximum atomic E-state index is 13.2. The maximum Gasteiger partial charge on any atom is 0.367 e. The third-order valence-electron chi connectivity index (χ3n) is 7.12. The molecule has 0 spiro atoms. The monoisotopic (exact) mass is 363 g/mol. The molecular weight excluding hydrogens is 346 g/mol. The molecule has 5 rings (SSSR count). The highest BCUT2D eigenvalue weighted by molar-refractivity contribution is 7.86. The van der Waals surface area contributed by atoms with E-state index in [1.165, 1.54) is 0 Å². The fourth-order valence-corrected chi connectivity index (χ4v) is 6.66. The number of hydrogen-bond acceptors (Lipinski definition) is 6. The first-order valence-electron chi connectivity index (χ1n) is 8.34. The van der Waals surface area contributed by atoms with Crippen LogP contribution in [0.3, 0.4) is 0 Å². The molecule has 0 aromatic carbocycles. The second-order valence-electron chi connectivity index (χ2n) is 7.98. The second kappa shape index (κ2) is 4.48. The Hall–Kier alpha value is -0.800. The molecular formula is C15H17F2O6S-. The summed E-state index contributed by atoms with van der Waals surface area (Å²) in [4.78, 5) is 12.2. The summed E-state index contributed by atoms with van der Waals surface area (Å²) in [5, 5.41) is -4.58. The lowest BCUT2D eigenvalue weighted by atomic mass is 9.67. The Bertz CT molecular complexity index is 709. The van der Waals surface area contributed by atoms with Gasteiger partial charge in [0, 0.05) is 0 Å². The van der Waals surface area contributed by atoms with Gasteiger partial charge in [-0.05, 0) is 54.8 Å². The van der Waals surface area contributed by atoms with Crippen LogP contribution in [-0.4, -0.2) is 43.0 Å². The van der Waals surface area contributed by atoms with Gasteiger partial charge in [0.15, 0.2) is 16.7 Å². The minimum absolute atomic E-state index is 0.116. The lowest BCUT2D eigenvalue weighted by Gasteiger charge is -2.36. The third-order valence-corrected chi connectivity index (χ3v) is 7.97. The molecule has 4 bridgehead atoms. The molecule has 0 N–H and O–H groups in total. The highest BCUT2D eigenvalue weighted by atomic mass is 32.2. The molecule has 24 heavy (non-hydrogen) atoms. The van der Waals surface area contributed by atoms with Crippen LogP contribution in [-0.2, 0) is 24.4 Å². The molecule has 1 aliphatic heterocycles. The van der Waals surface area contributed by atoms with Gasteiger partial charge in [0.05, 0.1) is 18.1 Å². The van der Waals surface area contributed by atoms with Gasteiger partial charge in [-0.1, -0.05) is 0 Å². The molecule has 134 valence electrons. The van der Waals surface area contributed by atoms with Gasteiger partial charge in [0.2, 0.25) is 0 Å². The van der Waals surface area contributed by atoms with Gasteiger partial charge in [-0.3, -0.25) is 4.79 Å². The van der Waals surface area contributed by atoms with Crippen LogP contribution >= 0.6 is 0 Å². The van der Waals surface area contributed by atoms with Gasteiger partial charge < -0.3 is 14.0 Å². The topological polar surface area (TPSA) is 96.0 Å². The van der Waals surface area contributed by atoms with E-state index < -0.39 is 33.9 Å². The number of rotatable bonds is 4. The number of carbonyl (C=O) groups is 1. The molecule has 0 radical (unpaired) electrons. The molecule has 6 nitrogen and oxygen atoms in total. The molecule has 9 unspecified atom stereocenters. The van der Waals surface area contributed by atoms with Crippen molar-refractivity contribution in [3.63, 3.8) is 0 Å². The van der Waals surface area contributed by atoms with Crippen LogP contribution in [0.25, 0.3) is 0 Å². The van der Waals surface area contributed by atoms with E-state index >= 15 is 0 Å². The van der Waals surface area contributed by atoms with Gasteiger partial charge >= 0.3 is 11.2 Å². The highest BCUT2D eigenvalue weighted by Gasteiger charge is 2.74. The molecule has 9 atom stereocenters. The van der Waals surface area contributed by atoms with Crippen molar-refractivity contribution in [2.24, 2.45) is 41.4 Å². The molecule has 9 heteroatoms. The number of hydrogen-bond donors (Lipinski definition) is 0. The molecule has 1 saturated heterocycles. The zero-order valence-corrected chi connectivity index (χ0v) is 13.5.